The van der Waals surface area contributed by atoms with Crippen molar-refractivity contribution in [3.05, 3.63) is 0 Å². The summed E-state index contributed by atoms with van der Waals surface area (Å²) >= 11 is 0. The van der Waals surface area contributed by atoms with Crippen LogP contribution in [0.2, 0.25) is 0 Å². The summed E-state index contributed by atoms with van der Waals surface area (Å²) in [5, 5.41) is 0. The van der Waals surface area contributed by atoms with Gasteiger partial charge in [-0.05, 0) is 48.0 Å². The standard InChI is InChI=1S/C15H32N2O/c1-14(2,3)17-11-9-16(10-12-17)8-7-13-18-15(4,5)6/h7-13H2,1-6H3. The van der Waals surface area contributed by atoms with Crippen molar-refractivity contribution in [3.63, 3.8) is 0 Å². The lowest BCUT2D eigenvalue weighted by atomic mass is 10.0. The van der Waals surface area contributed by atoms with E-state index in [-0.39, 0.29) is 5.60 Å². The highest BCUT2D eigenvalue weighted by atomic mass is 16.5. The molecule has 0 amide bonds. The molecule has 0 spiro atoms. The van der Waals surface area contributed by atoms with E-state index in [0.29, 0.717) is 5.54 Å². The van der Waals surface area contributed by atoms with E-state index < -0.39 is 0 Å². The fourth-order valence-electron chi connectivity index (χ4n) is 2.31. The molecule has 108 valence electrons. The van der Waals surface area contributed by atoms with Crippen LogP contribution in [0.4, 0.5) is 0 Å². The SMILES string of the molecule is CC(C)(C)OCCCN1CCN(C(C)(C)C)CC1. The van der Waals surface area contributed by atoms with Crippen LogP contribution in [0.15, 0.2) is 0 Å². The molecule has 3 nitrogen and oxygen atoms in total. The van der Waals surface area contributed by atoms with Crippen LogP contribution in [0, 0.1) is 0 Å². The third-order valence-corrected chi connectivity index (χ3v) is 3.47. The summed E-state index contributed by atoms with van der Waals surface area (Å²) in [6.07, 6.45) is 1.15. The van der Waals surface area contributed by atoms with Gasteiger partial charge in [0, 0.05) is 44.9 Å². The zero-order chi connectivity index (χ0) is 13.8. The highest BCUT2D eigenvalue weighted by molar-refractivity contribution is 4.81. The number of piperazine rings is 1. The van der Waals surface area contributed by atoms with Gasteiger partial charge in [-0.2, -0.15) is 0 Å². The first-order valence-corrected chi connectivity index (χ1v) is 7.30. The van der Waals surface area contributed by atoms with Gasteiger partial charge in [0.15, 0.2) is 0 Å². The van der Waals surface area contributed by atoms with Crippen LogP contribution in [0.1, 0.15) is 48.0 Å². The van der Waals surface area contributed by atoms with Gasteiger partial charge in [-0.15, -0.1) is 0 Å². The third-order valence-electron chi connectivity index (χ3n) is 3.47. The number of hydrogen-bond donors (Lipinski definition) is 0. The molecule has 0 N–H and O–H groups in total. The summed E-state index contributed by atoms with van der Waals surface area (Å²) in [5.41, 5.74) is 0.326. The van der Waals surface area contributed by atoms with Gasteiger partial charge in [-0.25, -0.2) is 0 Å². The van der Waals surface area contributed by atoms with Crippen molar-refractivity contribution in [1.82, 2.24) is 9.80 Å². The molecule has 1 heterocycles. The van der Waals surface area contributed by atoms with Crippen LogP contribution in [0.25, 0.3) is 0 Å². The Morgan fingerprint density at radius 1 is 0.889 bits per heavy atom. The van der Waals surface area contributed by atoms with Crippen molar-refractivity contribution in [2.75, 3.05) is 39.3 Å². The Morgan fingerprint density at radius 2 is 1.44 bits per heavy atom. The first-order valence-electron chi connectivity index (χ1n) is 7.30. The van der Waals surface area contributed by atoms with E-state index in [2.05, 4.69) is 51.3 Å². The van der Waals surface area contributed by atoms with E-state index in [1.54, 1.807) is 0 Å². The molecule has 0 bridgehead atoms. The van der Waals surface area contributed by atoms with Gasteiger partial charge in [0.05, 0.1) is 5.60 Å². The highest BCUT2D eigenvalue weighted by Crippen LogP contribution is 2.16. The Hall–Kier alpha value is -0.120. The summed E-state index contributed by atoms with van der Waals surface area (Å²) in [5.74, 6) is 0. The molecule has 3 heteroatoms. The van der Waals surface area contributed by atoms with Crippen molar-refractivity contribution < 1.29 is 4.74 Å². The van der Waals surface area contributed by atoms with E-state index in [4.69, 9.17) is 4.74 Å². The molecule has 1 aliphatic rings. The van der Waals surface area contributed by atoms with Crippen LogP contribution >= 0.6 is 0 Å². The molecule has 18 heavy (non-hydrogen) atoms. The van der Waals surface area contributed by atoms with E-state index in [1.165, 1.54) is 32.7 Å². The number of hydrogen-bond acceptors (Lipinski definition) is 3. The maximum atomic E-state index is 5.76. The lowest BCUT2D eigenvalue weighted by Gasteiger charge is -2.42. The molecular formula is C15H32N2O. The lowest BCUT2D eigenvalue weighted by Crippen LogP contribution is -2.53. The maximum Gasteiger partial charge on any atom is 0.0598 e. The van der Waals surface area contributed by atoms with Gasteiger partial charge in [0.25, 0.3) is 0 Å². The van der Waals surface area contributed by atoms with Gasteiger partial charge in [-0.3, -0.25) is 4.90 Å². The molecule has 0 unspecified atom stereocenters. The molecule has 1 aliphatic heterocycles. The van der Waals surface area contributed by atoms with Gasteiger partial charge < -0.3 is 9.64 Å². The molecule has 0 aliphatic carbocycles. The van der Waals surface area contributed by atoms with E-state index in [1.807, 2.05) is 0 Å². The minimum atomic E-state index is 0.00489. The fourth-order valence-corrected chi connectivity index (χ4v) is 2.31. The molecule has 0 radical (unpaired) electrons. The Morgan fingerprint density at radius 3 is 1.89 bits per heavy atom. The van der Waals surface area contributed by atoms with Crippen molar-refractivity contribution in [3.8, 4) is 0 Å². The Labute approximate surface area is 113 Å². The van der Waals surface area contributed by atoms with Crippen LogP contribution < -0.4 is 0 Å². The largest absolute Gasteiger partial charge is 0.376 e. The summed E-state index contributed by atoms with van der Waals surface area (Å²) in [6, 6.07) is 0. The van der Waals surface area contributed by atoms with Crippen molar-refractivity contribution in [1.29, 1.82) is 0 Å². The van der Waals surface area contributed by atoms with Crippen LogP contribution in [0.5, 0.6) is 0 Å². The maximum absolute atomic E-state index is 5.76. The third kappa shape index (κ3) is 6.17. The van der Waals surface area contributed by atoms with Crippen LogP contribution in [-0.2, 0) is 4.74 Å². The summed E-state index contributed by atoms with van der Waals surface area (Å²) < 4.78 is 5.76. The quantitative estimate of drug-likeness (QED) is 0.719. The molecule has 1 rings (SSSR count). The predicted octanol–water partition coefficient (Wildman–Crippen LogP) is 2.61. The second kappa shape index (κ2) is 6.36. The molecule has 1 fully saturated rings. The lowest BCUT2D eigenvalue weighted by molar-refractivity contribution is -0.0100. The van der Waals surface area contributed by atoms with Crippen LogP contribution in [-0.4, -0.2) is 60.3 Å². The Bertz CT molecular complexity index is 232. The minimum absolute atomic E-state index is 0.00489. The average Bonchev–Trinajstić information content (AvgIpc) is 2.22. The topological polar surface area (TPSA) is 15.7 Å². The molecule has 0 aromatic rings. The highest BCUT2D eigenvalue weighted by Gasteiger charge is 2.25. The van der Waals surface area contributed by atoms with E-state index in [9.17, 15) is 0 Å². The minimum Gasteiger partial charge on any atom is -0.376 e. The normalized spacial score (nSPS) is 20.3. The van der Waals surface area contributed by atoms with Crippen molar-refractivity contribution >= 4 is 0 Å². The summed E-state index contributed by atoms with van der Waals surface area (Å²) in [7, 11) is 0. The molecular weight excluding hydrogens is 224 g/mol. The smallest absolute Gasteiger partial charge is 0.0598 e. The number of rotatable bonds is 4. The monoisotopic (exact) mass is 256 g/mol. The van der Waals surface area contributed by atoms with E-state index >= 15 is 0 Å². The van der Waals surface area contributed by atoms with Gasteiger partial charge in [0.1, 0.15) is 0 Å². The first-order chi connectivity index (χ1) is 8.18. The molecule has 0 atom stereocenters. The molecule has 1 saturated heterocycles. The van der Waals surface area contributed by atoms with Gasteiger partial charge >= 0.3 is 0 Å². The Balaban J connectivity index is 2.13. The zero-order valence-corrected chi connectivity index (χ0v) is 13.3. The average molecular weight is 256 g/mol. The second-order valence-corrected chi connectivity index (χ2v) is 7.31. The summed E-state index contributed by atoms with van der Waals surface area (Å²) in [6.45, 7) is 20.1. The number of ether oxygens (including phenoxy) is 1. The zero-order valence-electron chi connectivity index (χ0n) is 13.3. The van der Waals surface area contributed by atoms with Gasteiger partial charge in [-0.1, -0.05) is 0 Å². The van der Waals surface area contributed by atoms with Crippen molar-refractivity contribution in [2.45, 2.75) is 59.1 Å². The first kappa shape index (κ1) is 15.9. The summed E-state index contributed by atoms with van der Waals surface area (Å²) in [4.78, 5) is 5.14. The molecule has 0 saturated carbocycles. The second-order valence-electron chi connectivity index (χ2n) is 7.31. The van der Waals surface area contributed by atoms with Crippen LogP contribution in [0.3, 0.4) is 0 Å². The molecule has 0 aromatic carbocycles. The van der Waals surface area contributed by atoms with Crippen molar-refractivity contribution in [2.24, 2.45) is 0 Å². The van der Waals surface area contributed by atoms with Gasteiger partial charge in [0.2, 0.25) is 0 Å². The van der Waals surface area contributed by atoms with E-state index in [0.717, 1.165) is 13.0 Å². The molecule has 0 aromatic heterocycles. The Kier molecular flexibility index (Phi) is 5.63. The fraction of sp³-hybridized carbons (Fsp3) is 1.00. The predicted molar refractivity (Wildman–Crippen MR) is 78.1 cm³/mol. The number of nitrogens with zero attached hydrogens (tertiary/aromatic N) is 2.